The number of aryl methyl sites for hydroxylation is 1. The van der Waals surface area contributed by atoms with Crippen LogP contribution in [0.1, 0.15) is 43.1 Å². The van der Waals surface area contributed by atoms with Crippen molar-refractivity contribution in [2.75, 3.05) is 5.88 Å². The molecule has 0 aliphatic rings. The summed E-state index contributed by atoms with van der Waals surface area (Å²) >= 11 is 5.79. The molecule has 1 aromatic carbocycles. The maximum absolute atomic E-state index is 12.2. The van der Waals surface area contributed by atoms with Gasteiger partial charge in [-0.3, -0.25) is 4.79 Å². The lowest BCUT2D eigenvalue weighted by Gasteiger charge is -2.31. The highest BCUT2D eigenvalue weighted by atomic mass is 35.5. The smallest absolute Gasteiger partial charge is 0.251 e. The summed E-state index contributed by atoms with van der Waals surface area (Å²) < 4.78 is 0. The normalized spacial score (nSPS) is 13.1. The number of halogens is 1. The monoisotopic (exact) mass is 283 g/mol. The number of nitrogens with one attached hydrogen (secondary N) is 1. The number of hydrogen-bond donors (Lipinski definition) is 2. The lowest BCUT2D eigenvalue weighted by atomic mass is 9.85. The van der Waals surface area contributed by atoms with Gasteiger partial charge in [-0.2, -0.15) is 0 Å². The zero-order valence-electron chi connectivity index (χ0n) is 12.0. The summed E-state index contributed by atoms with van der Waals surface area (Å²) in [5, 5.41) is 12.5. The van der Waals surface area contributed by atoms with Gasteiger partial charge in [0.25, 0.3) is 5.91 Å². The maximum Gasteiger partial charge on any atom is 0.251 e. The second-order valence-corrected chi connectivity index (χ2v) is 6.25. The van der Waals surface area contributed by atoms with Crippen molar-refractivity contribution in [3.63, 3.8) is 0 Å². The van der Waals surface area contributed by atoms with Crippen molar-refractivity contribution in [1.29, 1.82) is 0 Å². The van der Waals surface area contributed by atoms with Crippen LogP contribution >= 0.6 is 11.6 Å². The molecule has 1 aromatic rings. The summed E-state index contributed by atoms with van der Waals surface area (Å²) in [6.07, 6.45) is 0.730. The molecule has 1 unspecified atom stereocenters. The van der Waals surface area contributed by atoms with Gasteiger partial charge in [0.15, 0.2) is 0 Å². The molecule has 0 aromatic heterocycles. The third-order valence-electron chi connectivity index (χ3n) is 3.21. The Morgan fingerprint density at radius 3 is 2.53 bits per heavy atom. The summed E-state index contributed by atoms with van der Waals surface area (Å²) in [4.78, 5) is 12.2. The van der Waals surface area contributed by atoms with Gasteiger partial charge >= 0.3 is 0 Å². The lowest BCUT2D eigenvalue weighted by molar-refractivity contribution is 0.0900. The Kier molecular flexibility index (Phi) is 5.24. The molecule has 3 nitrogen and oxygen atoms in total. The average Bonchev–Trinajstić information content (AvgIpc) is 2.30. The van der Waals surface area contributed by atoms with Crippen LogP contribution in [-0.2, 0) is 0 Å². The van der Waals surface area contributed by atoms with Crippen LogP contribution < -0.4 is 5.32 Å². The quantitative estimate of drug-likeness (QED) is 0.831. The van der Waals surface area contributed by atoms with Gasteiger partial charge in [0, 0.05) is 17.5 Å². The summed E-state index contributed by atoms with van der Waals surface area (Å²) in [6.45, 7) is 8.00. The Hall–Kier alpha value is -1.22. The molecule has 19 heavy (non-hydrogen) atoms. The molecule has 1 rings (SSSR count). The van der Waals surface area contributed by atoms with Gasteiger partial charge in [0.1, 0.15) is 5.75 Å². The first-order valence-corrected chi connectivity index (χ1v) is 6.95. The number of phenolic OH excluding ortho intramolecular Hbond substituents is 1. The van der Waals surface area contributed by atoms with E-state index in [1.807, 2.05) is 0 Å². The fourth-order valence-corrected chi connectivity index (χ4v) is 2.09. The van der Waals surface area contributed by atoms with E-state index in [0.29, 0.717) is 17.0 Å². The molecule has 0 heterocycles. The molecule has 0 spiro atoms. The Labute approximate surface area is 120 Å². The fraction of sp³-hybridized carbons (Fsp3) is 0.533. The maximum atomic E-state index is 12.2. The number of alkyl halides is 1. The first-order chi connectivity index (χ1) is 8.75. The third kappa shape index (κ3) is 4.43. The molecular formula is C15H22ClNO2. The summed E-state index contributed by atoms with van der Waals surface area (Å²) in [6, 6.07) is 4.87. The standard InChI is InChI=1S/C15H22ClNO2/c1-10-9-11(5-6-12(10)18)14(19)17-13(7-8-16)15(2,3)4/h5-6,9,13,18H,7-8H2,1-4H3,(H,17,19). The van der Waals surface area contributed by atoms with Gasteiger partial charge in [0.2, 0.25) is 0 Å². The van der Waals surface area contributed by atoms with E-state index in [1.54, 1.807) is 19.1 Å². The Bertz CT molecular complexity index is 452. The number of carbonyl (C=O) groups excluding carboxylic acids is 1. The third-order valence-corrected chi connectivity index (χ3v) is 3.43. The second-order valence-electron chi connectivity index (χ2n) is 5.87. The zero-order valence-corrected chi connectivity index (χ0v) is 12.7. The van der Waals surface area contributed by atoms with Crippen molar-refractivity contribution >= 4 is 17.5 Å². The van der Waals surface area contributed by atoms with Crippen molar-refractivity contribution < 1.29 is 9.90 Å². The van der Waals surface area contributed by atoms with Crippen molar-refractivity contribution in [2.24, 2.45) is 5.41 Å². The highest BCUT2D eigenvalue weighted by Gasteiger charge is 2.26. The molecule has 4 heteroatoms. The van der Waals surface area contributed by atoms with Gasteiger partial charge in [-0.15, -0.1) is 11.6 Å². The molecule has 1 atom stereocenters. The van der Waals surface area contributed by atoms with Crippen LogP contribution in [-0.4, -0.2) is 22.9 Å². The van der Waals surface area contributed by atoms with E-state index in [-0.39, 0.29) is 23.1 Å². The van der Waals surface area contributed by atoms with Crippen molar-refractivity contribution in [2.45, 2.75) is 40.2 Å². The summed E-state index contributed by atoms with van der Waals surface area (Å²) in [5.41, 5.74) is 1.20. The first-order valence-electron chi connectivity index (χ1n) is 6.42. The molecule has 0 aliphatic heterocycles. The number of hydrogen-bond acceptors (Lipinski definition) is 2. The number of rotatable bonds is 4. The molecule has 0 saturated carbocycles. The number of benzene rings is 1. The summed E-state index contributed by atoms with van der Waals surface area (Å²) in [5.74, 6) is 0.578. The summed E-state index contributed by atoms with van der Waals surface area (Å²) in [7, 11) is 0. The van der Waals surface area contributed by atoms with E-state index >= 15 is 0 Å². The van der Waals surface area contributed by atoms with Crippen LogP contribution in [0, 0.1) is 12.3 Å². The molecule has 1 amide bonds. The number of phenols is 1. The van der Waals surface area contributed by atoms with Crippen LogP contribution in [0.25, 0.3) is 0 Å². The molecule has 2 N–H and O–H groups in total. The predicted molar refractivity (Wildman–Crippen MR) is 78.9 cm³/mol. The van der Waals surface area contributed by atoms with E-state index in [0.717, 1.165) is 6.42 Å². The molecule has 106 valence electrons. The minimum Gasteiger partial charge on any atom is -0.508 e. The van der Waals surface area contributed by atoms with Gasteiger partial charge in [-0.05, 0) is 42.5 Å². The highest BCUT2D eigenvalue weighted by molar-refractivity contribution is 6.17. The fourth-order valence-electron chi connectivity index (χ4n) is 1.87. The van der Waals surface area contributed by atoms with Gasteiger partial charge in [-0.1, -0.05) is 20.8 Å². The lowest BCUT2D eigenvalue weighted by Crippen LogP contribution is -2.44. The minimum atomic E-state index is -0.131. The van der Waals surface area contributed by atoms with Crippen molar-refractivity contribution in [3.8, 4) is 5.75 Å². The molecule has 0 bridgehead atoms. The molecule has 0 aliphatic carbocycles. The molecule has 0 radical (unpaired) electrons. The van der Waals surface area contributed by atoms with Gasteiger partial charge < -0.3 is 10.4 Å². The average molecular weight is 284 g/mol. The van der Waals surface area contributed by atoms with Crippen LogP contribution in [0.3, 0.4) is 0 Å². The predicted octanol–water partition coefficient (Wildman–Crippen LogP) is 3.47. The molecule has 0 fully saturated rings. The van der Waals surface area contributed by atoms with Crippen LogP contribution in [0.15, 0.2) is 18.2 Å². The van der Waals surface area contributed by atoms with E-state index < -0.39 is 0 Å². The SMILES string of the molecule is Cc1cc(C(=O)NC(CCCl)C(C)(C)C)ccc1O. The Morgan fingerprint density at radius 2 is 2.05 bits per heavy atom. The van der Waals surface area contributed by atoms with Crippen molar-refractivity contribution in [1.82, 2.24) is 5.32 Å². The zero-order chi connectivity index (χ0) is 14.6. The molecular weight excluding hydrogens is 262 g/mol. The van der Waals surface area contributed by atoms with Gasteiger partial charge in [-0.25, -0.2) is 0 Å². The van der Waals surface area contributed by atoms with Crippen LogP contribution in [0.2, 0.25) is 0 Å². The van der Waals surface area contributed by atoms with Crippen molar-refractivity contribution in [3.05, 3.63) is 29.3 Å². The van der Waals surface area contributed by atoms with E-state index in [9.17, 15) is 9.90 Å². The Morgan fingerprint density at radius 1 is 1.42 bits per heavy atom. The van der Waals surface area contributed by atoms with Crippen LogP contribution in [0.4, 0.5) is 0 Å². The van der Waals surface area contributed by atoms with E-state index in [2.05, 4.69) is 26.1 Å². The van der Waals surface area contributed by atoms with E-state index in [1.165, 1.54) is 6.07 Å². The van der Waals surface area contributed by atoms with E-state index in [4.69, 9.17) is 11.6 Å². The second kappa shape index (κ2) is 6.29. The number of carbonyl (C=O) groups is 1. The number of amides is 1. The first kappa shape index (κ1) is 15.8. The largest absolute Gasteiger partial charge is 0.508 e. The minimum absolute atomic E-state index is 0.0200. The Balaban J connectivity index is 2.84. The van der Waals surface area contributed by atoms with Crippen LogP contribution in [0.5, 0.6) is 5.75 Å². The van der Waals surface area contributed by atoms with Gasteiger partial charge in [0.05, 0.1) is 0 Å². The molecule has 0 saturated heterocycles. The topological polar surface area (TPSA) is 49.3 Å². The highest BCUT2D eigenvalue weighted by Crippen LogP contribution is 2.23. The number of aromatic hydroxyl groups is 1.